The van der Waals surface area contributed by atoms with Crippen molar-refractivity contribution in [3.63, 3.8) is 0 Å². The summed E-state index contributed by atoms with van der Waals surface area (Å²) in [5.74, 6) is -1.07. The topological polar surface area (TPSA) is 78.9 Å². The molecule has 0 radical (unpaired) electrons. The van der Waals surface area contributed by atoms with E-state index >= 15 is 0 Å². The zero-order chi connectivity index (χ0) is 50.0. The second-order valence-electron chi connectivity index (χ2n) is 17.0. The van der Waals surface area contributed by atoms with Crippen LogP contribution in [0.1, 0.15) is 201 Å². The summed E-state index contributed by atoms with van der Waals surface area (Å²) in [6.07, 6.45) is 80.9. The molecule has 6 heteroatoms. The smallest absolute Gasteiger partial charge is 0.306 e. The van der Waals surface area contributed by atoms with E-state index in [1.54, 1.807) is 0 Å². The fourth-order valence-corrected chi connectivity index (χ4v) is 6.58. The average Bonchev–Trinajstić information content (AvgIpc) is 3.35. The highest BCUT2D eigenvalue weighted by Crippen LogP contribution is 2.12. The maximum Gasteiger partial charge on any atom is 0.306 e. The van der Waals surface area contributed by atoms with Crippen molar-refractivity contribution in [2.24, 2.45) is 0 Å². The normalized spacial score (nSPS) is 13.4. The van der Waals surface area contributed by atoms with E-state index in [1.165, 1.54) is 25.7 Å². The van der Waals surface area contributed by atoms with E-state index in [4.69, 9.17) is 14.2 Å². The van der Waals surface area contributed by atoms with Crippen LogP contribution in [0.15, 0.2) is 158 Å². The number of unbranched alkanes of at least 4 members (excludes halogenated alkanes) is 9. The molecule has 6 nitrogen and oxygen atoms in total. The van der Waals surface area contributed by atoms with E-state index in [0.29, 0.717) is 19.3 Å². The molecule has 0 aliphatic rings. The van der Waals surface area contributed by atoms with Crippen molar-refractivity contribution in [2.75, 3.05) is 13.2 Å². The van der Waals surface area contributed by atoms with Crippen LogP contribution in [0.5, 0.6) is 0 Å². The Morgan fingerprint density at radius 1 is 0.290 bits per heavy atom. The van der Waals surface area contributed by atoms with Gasteiger partial charge in [0.1, 0.15) is 13.2 Å². The van der Waals surface area contributed by atoms with E-state index in [0.717, 1.165) is 122 Å². The molecule has 0 aliphatic heterocycles. The minimum absolute atomic E-state index is 0.131. The number of carbonyl (C=O) groups excluding carboxylic acids is 3. The Kier molecular flexibility index (Phi) is 51.6. The predicted molar refractivity (Wildman–Crippen MR) is 297 cm³/mol. The first-order valence-corrected chi connectivity index (χ1v) is 27.0. The van der Waals surface area contributed by atoms with Crippen LogP contribution in [-0.2, 0) is 28.6 Å². The fourth-order valence-electron chi connectivity index (χ4n) is 6.58. The summed E-state index contributed by atoms with van der Waals surface area (Å²) in [6, 6.07) is 0. The quantitative estimate of drug-likeness (QED) is 0.0262. The predicted octanol–water partition coefficient (Wildman–Crippen LogP) is 18.2. The number of carbonyl (C=O) groups is 3. The molecule has 0 N–H and O–H groups in total. The Morgan fingerprint density at radius 3 is 0.870 bits per heavy atom. The number of hydrogen-bond donors (Lipinski definition) is 0. The summed E-state index contributed by atoms with van der Waals surface area (Å²) in [6.45, 7) is 6.17. The van der Waals surface area contributed by atoms with Crippen LogP contribution in [0, 0.1) is 0 Å². The van der Waals surface area contributed by atoms with Crippen molar-refractivity contribution in [1.29, 1.82) is 0 Å². The van der Waals surface area contributed by atoms with E-state index in [2.05, 4.69) is 179 Å². The van der Waals surface area contributed by atoms with E-state index in [1.807, 2.05) is 0 Å². The van der Waals surface area contributed by atoms with Crippen molar-refractivity contribution in [3.8, 4) is 0 Å². The standard InChI is InChI=1S/C63H96O6/c1-4-7-10-13-16-19-22-25-28-31-34-37-40-43-46-49-52-55-61(64)67-58-60(69-63(66)57-54-51-48-45-42-39-36-33-30-27-24-21-18-15-12-9-6-3)59-68-62(65)56-53-50-47-44-41-38-35-32-29-26-23-20-17-14-11-8-5-2/h7-12,16-21,25-30,34,36-37,39,43,45-46,48,60H,4-6,13-15,22-24,31-33,35,38,40-42,44,47,49-59H2,1-3H3/b10-7-,11-8-,12-9-,19-16-,20-17-,21-18-,28-25-,29-26-,30-27-,37-34-,39-36-,46-43-,48-45-. The molecular formula is C63H96O6. The van der Waals surface area contributed by atoms with Crippen LogP contribution in [0.4, 0.5) is 0 Å². The third-order valence-electron chi connectivity index (χ3n) is 10.5. The first kappa shape index (κ1) is 64.0. The van der Waals surface area contributed by atoms with Gasteiger partial charge < -0.3 is 14.2 Å². The lowest BCUT2D eigenvalue weighted by atomic mass is 10.1. The van der Waals surface area contributed by atoms with Gasteiger partial charge in [0, 0.05) is 19.3 Å². The SMILES string of the molecule is CC/C=C\C/C=C\C/C=C\C/C=C\C/C=C\CCCC(=O)OCC(COC(=O)CCCCCCCCC/C=C\C/C=C\C/C=C\CC)OC(=O)CCC/C=C\C/C=C\C/C=C\C/C=C\C/C=C\CC. The molecule has 0 aromatic heterocycles. The molecule has 0 aromatic carbocycles. The zero-order valence-corrected chi connectivity index (χ0v) is 43.8. The van der Waals surface area contributed by atoms with Gasteiger partial charge >= 0.3 is 17.9 Å². The number of ether oxygens (including phenoxy) is 3. The molecule has 0 rings (SSSR count). The molecule has 0 aliphatic carbocycles. The summed E-state index contributed by atoms with van der Waals surface area (Å²) in [5.41, 5.74) is 0. The van der Waals surface area contributed by atoms with Gasteiger partial charge in [-0.15, -0.1) is 0 Å². The van der Waals surface area contributed by atoms with E-state index < -0.39 is 12.1 Å². The molecule has 384 valence electrons. The highest BCUT2D eigenvalue weighted by molar-refractivity contribution is 5.71. The monoisotopic (exact) mass is 949 g/mol. The lowest BCUT2D eigenvalue weighted by molar-refractivity contribution is -0.167. The third-order valence-corrected chi connectivity index (χ3v) is 10.5. The molecule has 0 saturated heterocycles. The van der Waals surface area contributed by atoms with Gasteiger partial charge in [-0.2, -0.15) is 0 Å². The van der Waals surface area contributed by atoms with Gasteiger partial charge in [0.2, 0.25) is 0 Å². The Morgan fingerprint density at radius 2 is 0.536 bits per heavy atom. The van der Waals surface area contributed by atoms with Gasteiger partial charge in [0.15, 0.2) is 6.10 Å². The summed E-state index contributed by atoms with van der Waals surface area (Å²) in [7, 11) is 0. The fraction of sp³-hybridized carbons (Fsp3) is 0.540. The highest BCUT2D eigenvalue weighted by Gasteiger charge is 2.19. The largest absolute Gasteiger partial charge is 0.462 e. The molecule has 0 aromatic rings. The van der Waals surface area contributed by atoms with Crippen LogP contribution in [-0.4, -0.2) is 37.2 Å². The van der Waals surface area contributed by atoms with Crippen LogP contribution < -0.4 is 0 Å². The molecule has 0 heterocycles. The van der Waals surface area contributed by atoms with Crippen molar-refractivity contribution in [3.05, 3.63) is 158 Å². The van der Waals surface area contributed by atoms with Gasteiger partial charge in [-0.3, -0.25) is 14.4 Å². The van der Waals surface area contributed by atoms with Crippen molar-refractivity contribution >= 4 is 17.9 Å². The van der Waals surface area contributed by atoms with Gasteiger partial charge in [0.05, 0.1) is 0 Å². The molecule has 0 spiro atoms. The lowest BCUT2D eigenvalue weighted by Crippen LogP contribution is -2.30. The Bertz CT molecular complexity index is 1610. The molecule has 69 heavy (non-hydrogen) atoms. The van der Waals surface area contributed by atoms with Gasteiger partial charge in [-0.05, 0) is 128 Å². The van der Waals surface area contributed by atoms with Crippen molar-refractivity contribution < 1.29 is 28.6 Å². The van der Waals surface area contributed by atoms with Gasteiger partial charge in [-0.1, -0.05) is 211 Å². The Balaban J connectivity index is 4.62. The Labute approximate surface area is 422 Å². The molecule has 1 atom stereocenters. The number of esters is 3. The number of hydrogen-bond acceptors (Lipinski definition) is 6. The summed E-state index contributed by atoms with van der Waals surface area (Å²) < 4.78 is 16.7. The Hall–Kier alpha value is -4.97. The van der Waals surface area contributed by atoms with E-state index in [-0.39, 0.29) is 38.0 Å². The summed E-state index contributed by atoms with van der Waals surface area (Å²) in [4.78, 5) is 38.1. The van der Waals surface area contributed by atoms with Crippen molar-refractivity contribution in [1.82, 2.24) is 0 Å². The average molecular weight is 949 g/mol. The van der Waals surface area contributed by atoms with Crippen molar-refractivity contribution in [2.45, 2.75) is 207 Å². The maximum absolute atomic E-state index is 12.8. The summed E-state index contributed by atoms with van der Waals surface area (Å²) >= 11 is 0. The lowest BCUT2D eigenvalue weighted by Gasteiger charge is -2.18. The van der Waals surface area contributed by atoms with Gasteiger partial charge in [0.25, 0.3) is 0 Å². The first-order chi connectivity index (χ1) is 34.0. The highest BCUT2D eigenvalue weighted by atomic mass is 16.6. The number of allylic oxidation sites excluding steroid dienone is 26. The second kappa shape index (κ2) is 55.6. The first-order valence-electron chi connectivity index (χ1n) is 27.0. The molecule has 1 unspecified atom stereocenters. The maximum atomic E-state index is 12.8. The minimum Gasteiger partial charge on any atom is -0.462 e. The molecule has 0 fully saturated rings. The minimum atomic E-state index is -0.843. The van der Waals surface area contributed by atoms with Gasteiger partial charge in [-0.25, -0.2) is 0 Å². The zero-order valence-electron chi connectivity index (χ0n) is 43.8. The van der Waals surface area contributed by atoms with E-state index in [9.17, 15) is 14.4 Å². The number of rotatable bonds is 46. The van der Waals surface area contributed by atoms with Crippen LogP contribution >= 0.6 is 0 Å². The van der Waals surface area contributed by atoms with Crippen LogP contribution in [0.2, 0.25) is 0 Å². The molecule has 0 amide bonds. The van der Waals surface area contributed by atoms with Crippen LogP contribution in [0.3, 0.4) is 0 Å². The van der Waals surface area contributed by atoms with Crippen LogP contribution in [0.25, 0.3) is 0 Å². The third kappa shape index (κ3) is 53.8. The summed E-state index contributed by atoms with van der Waals surface area (Å²) in [5, 5.41) is 0. The molecular weight excluding hydrogens is 853 g/mol. The molecule has 0 saturated carbocycles. The second-order valence-corrected chi connectivity index (χ2v) is 17.0. The molecule has 0 bridgehead atoms.